The van der Waals surface area contributed by atoms with Crippen molar-refractivity contribution in [3.63, 3.8) is 0 Å². The van der Waals surface area contributed by atoms with Gasteiger partial charge in [-0.25, -0.2) is 0 Å². The van der Waals surface area contributed by atoms with Crippen molar-refractivity contribution in [3.05, 3.63) is 24.8 Å². The number of allylic oxidation sites excluding steroid dienone is 1. The van der Waals surface area contributed by atoms with Crippen molar-refractivity contribution in [1.82, 2.24) is 0 Å². The summed E-state index contributed by atoms with van der Waals surface area (Å²) in [6.07, 6.45) is -5.21. The Kier molecular flexibility index (Phi) is 10.5. The van der Waals surface area contributed by atoms with Gasteiger partial charge in [-0.1, -0.05) is 24.5 Å². The van der Waals surface area contributed by atoms with Gasteiger partial charge in [-0.3, -0.25) is 4.79 Å². The van der Waals surface area contributed by atoms with Gasteiger partial charge in [0, 0.05) is 0 Å². The summed E-state index contributed by atoms with van der Waals surface area (Å²) in [4.78, 5) is 11.0. The number of aliphatic hydroxyl groups is 5. The Bertz CT molecular complexity index is 664. The van der Waals surface area contributed by atoms with Crippen LogP contribution in [0.2, 0.25) is 0 Å². The van der Waals surface area contributed by atoms with E-state index in [1.54, 1.807) is 0 Å². The molecule has 5 N–H and O–H groups in total. The van der Waals surface area contributed by atoms with E-state index in [-0.39, 0.29) is 6.42 Å². The van der Waals surface area contributed by atoms with Crippen molar-refractivity contribution < 1.29 is 44.5 Å². The highest BCUT2D eigenvalue weighted by atomic mass is 16.7. The average Bonchev–Trinajstić information content (AvgIpc) is 2.69. The lowest BCUT2D eigenvalue weighted by Crippen LogP contribution is -2.59. The maximum atomic E-state index is 11.0. The average molecular weight is 396 g/mol. The molecule has 1 aliphatic heterocycles. The number of carbonyl (C=O) groups is 1. The summed E-state index contributed by atoms with van der Waals surface area (Å²) in [5.41, 5.74) is 0. The molecule has 7 atom stereocenters. The number of esters is 1. The van der Waals surface area contributed by atoms with Crippen LogP contribution in [-0.4, -0.2) is 88.1 Å². The zero-order valence-corrected chi connectivity index (χ0v) is 15.3. The van der Waals surface area contributed by atoms with Crippen LogP contribution in [0, 0.1) is 23.7 Å². The van der Waals surface area contributed by atoms with Crippen molar-refractivity contribution in [3.8, 4) is 23.7 Å². The third-order valence-corrected chi connectivity index (χ3v) is 3.70. The van der Waals surface area contributed by atoms with Crippen LogP contribution in [0.1, 0.15) is 6.42 Å². The van der Waals surface area contributed by atoms with Crippen LogP contribution in [0.15, 0.2) is 24.8 Å². The summed E-state index contributed by atoms with van der Waals surface area (Å²) in [5.74, 6) is 9.53. The summed E-state index contributed by atoms with van der Waals surface area (Å²) < 4.78 is 15.0. The molecule has 7 unspecified atom stereocenters. The van der Waals surface area contributed by atoms with E-state index < -0.39 is 55.5 Å². The summed E-state index contributed by atoms with van der Waals surface area (Å²) in [6.45, 7) is 2.96. The maximum absolute atomic E-state index is 11.0. The van der Waals surface area contributed by atoms with E-state index in [2.05, 4.69) is 35.0 Å². The van der Waals surface area contributed by atoms with Crippen molar-refractivity contribution >= 4 is 5.97 Å². The molecule has 1 aliphatic rings. The predicted molar refractivity (Wildman–Crippen MR) is 96.2 cm³/mol. The summed E-state index contributed by atoms with van der Waals surface area (Å²) >= 11 is 0. The van der Waals surface area contributed by atoms with Gasteiger partial charge in [-0.15, -0.1) is 0 Å². The molecule has 1 fully saturated rings. The summed E-state index contributed by atoms with van der Waals surface area (Å²) in [5, 5.41) is 48.0. The van der Waals surface area contributed by atoms with Gasteiger partial charge in [-0.05, 0) is 24.0 Å². The van der Waals surface area contributed by atoms with E-state index in [0.29, 0.717) is 0 Å². The first kappa shape index (κ1) is 23.8. The van der Waals surface area contributed by atoms with Gasteiger partial charge < -0.3 is 39.7 Å². The van der Waals surface area contributed by atoms with E-state index in [0.717, 1.165) is 0 Å². The zero-order valence-electron chi connectivity index (χ0n) is 15.3. The molecule has 1 saturated heterocycles. The van der Waals surface area contributed by atoms with Gasteiger partial charge >= 0.3 is 5.97 Å². The third kappa shape index (κ3) is 7.43. The predicted octanol–water partition coefficient (Wildman–Crippen LogP) is -2.16. The fraction of sp³-hybridized carbons (Fsp3) is 0.526. The molecule has 1 rings (SSSR count). The van der Waals surface area contributed by atoms with Crippen molar-refractivity contribution in [2.75, 3.05) is 13.7 Å². The Morgan fingerprint density at radius 3 is 2.57 bits per heavy atom. The van der Waals surface area contributed by atoms with Gasteiger partial charge in [0.25, 0.3) is 0 Å². The highest BCUT2D eigenvalue weighted by Gasteiger charge is 2.44. The van der Waals surface area contributed by atoms with E-state index in [4.69, 9.17) is 14.6 Å². The molecular formula is C19H24O9. The monoisotopic (exact) mass is 396 g/mol. The molecule has 154 valence electrons. The van der Waals surface area contributed by atoms with E-state index in [1.165, 1.54) is 25.3 Å². The number of rotatable bonds is 7. The van der Waals surface area contributed by atoms with Gasteiger partial charge in [0.15, 0.2) is 6.29 Å². The second-order valence-corrected chi connectivity index (χ2v) is 5.74. The van der Waals surface area contributed by atoms with Crippen LogP contribution >= 0.6 is 0 Å². The highest BCUT2D eigenvalue weighted by Crippen LogP contribution is 2.22. The Labute approximate surface area is 162 Å². The molecule has 9 nitrogen and oxygen atoms in total. The molecule has 0 bridgehead atoms. The van der Waals surface area contributed by atoms with Crippen molar-refractivity contribution in [1.29, 1.82) is 0 Å². The van der Waals surface area contributed by atoms with Crippen LogP contribution in [0.5, 0.6) is 0 Å². The summed E-state index contributed by atoms with van der Waals surface area (Å²) in [7, 11) is 1.22. The lowest BCUT2D eigenvalue weighted by atomic mass is 9.99. The SMILES string of the molecule is C=CC(C#CC#C/C=C/C(O)CC(=O)OC)OC1OC(CO)C(O)C(O)C1O. The smallest absolute Gasteiger partial charge is 0.308 e. The lowest BCUT2D eigenvalue weighted by molar-refractivity contribution is -0.303. The number of hydrogen-bond donors (Lipinski definition) is 5. The standard InChI is InChI=1S/C19H24O9/c1-3-13(9-7-5-4-6-8-12(21)10-15(22)26-2)27-19-18(25)17(24)16(23)14(11-20)28-19/h3,6,8,12-14,16-21,23-25H,1,10-11H2,2H3/b8-6+. The highest BCUT2D eigenvalue weighted by molar-refractivity contribution is 5.70. The molecule has 0 aliphatic carbocycles. The molecule has 0 radical (unpaired) electrons. The normalized spacial score (nSPS) is 29.0. The molecule has 0 aromatic carbocycles. The van der Waals surface area contributed by atoms with Gasteiger partial charge in [0.05, 0.1) is 26.2 Å². The molecule has 0 amide bonds. The molecule has 1 heterocycles. The third-order valence-electron chi connectivity index (χ3n) is 3.70. The van der Waals surface area contributed by atoms with Crippen LogP contribution in [0.25, 0.3) is 0 Å². The lowest BCUT2D eigenvalue weighted by Gasteiger charge is -2.40. The minimum atomic E-state index is -1.56. The Balaban J connectivity index is 2.62. The minimum absolute atomic E-state index is 0.189. The van der Waals surface area contributed by atoms with Crippen LogP contribution < -0.4 is 0 Å². The van der Waals surface area contributed by atoms with Gasteiger partial charge in [0.1, 0.15) is 30.5 Å². The van der Waals surface area contributed by atoms with Crippen LogP contribution in [0.4, 0.5) is 0 Å². The topological polar surface area (TPSA) is 146 Å². The zero-order chi connectivity index (χ0) is 21.1. The molecule has 0 aromatic heterocycles. The van der Waals surface area contributed by atoms with E-state index in [9.17, 15) is 25.2 Å². The molecule has 9 heteroatoms. The van der Waals surface area contributed by atoms with Crippen molar-refractivity contribution in [2.24, 2.45) is 0 Å². The van der Waals surface area contributed by atoms with Crippen molar-refractivity contribution in [2.45, 2.75) is 49.3 Å². The first-order chi connectivity index (χ1) is 13.3. The first-order valence-corrected chi connectivity index (χ1v) is 8.35. The molecule has 0 aromatic rings. The molecule has 0 spiro atoms. The first-order valence-electron chi connectivity index (χ1n) is 8.35. The minimum Gasteiger partial charge on any atom is -0.469 e. The van der Waals surface area contributed by atoms with Crippen LogP contribution in [-0.2, 0) is 19.0 Å². The van der Waals surface area contributed by atoms with Gasteiger partial charge in [0.2, 0.25) is 0 Å². The molecule has 28 heavy (non-hydrogen) atoms. The Morgan fingerprint density at radius 2 is 1.96 bits per heavy atom. The quantitative estimate of drug-likeness (QED) is 0.185. The Hall–Kier alpha value is -2.21. The second kappa shape index (κ2) is 12.3. The number of carbonyl (C=O) groups excluding carboxylic acids is 1. The molecule has 0 saturated carbocycles. The fourth-order valence-corrected chi connectivity index (χ4v) is 2.14. The largest absolute Gasteiger partial charge is 0.469 e. The number of hydrogen-bond acceptors (Lipinski definition) is 9. The van der Waals surface area contributed by atoms with E-state index >= 15 is 0 Å². The summed E-state index contributed by atoms with van der Waals surface area (Å²) in [6, 6.07) is 0. The number of ether oxygens (including phenoxy) is 3. The number of methoxy groups -OCH3 is 1. The fourth-order valence-electron chi connectivity index (χ4n) is 2.14. The maximum Gasteiger partial charge on any atom is 0.308 e. The second-order valence-electron chi connectivity index (χ2n) is 5.74. The van der Waals surface area contributed by atoms with Crippen LogP contribution in [0.3, 0.4) is 0 Å². The van der Waals surface area contributed by atoms with E-state index in [1.807, 2.05) is 0 Å². The Morgan fingerprint density at radius 1 is 1.25 bits per heavy atom. The van der Waals surface area contributed by atoms with Gasteiger partial charge in [-0.2, -0.15) is 0 Å². The number of aliphatic hydroxyl groups excluding tert-OH is 5. The molecular weight excluding hydrogens is 372 g/mol.